The number of aliphatic carboxylic acids is 1. The third-order valence-corrected chi connectivity index (χ3v) is 6.07. The Balaban J connectivity index is 1.49. The highest BCUT2D eigenvalue weighted by Gasteiger charge is 2.32. The minimum absolute atomic E-state index is 0.0231. The molecular weight excluding hydrogens is 444 g/mol. The second kappa shape index (κ2) is 9.51. The van der Waals surface area contributed by atoms with E-state index in [-0.39, 0.29) is 24.5 Å². The molecule has 176 valence electrons. The number of carboxylic acid groups (broad SMARTS) is 1. The molecule has 4 rings (SSSR count). The number of carbonyl (C=O) groups is 2. The van der Waals surface area contributed by atoms with E-state index < -0.39 is 35.5 Å². The van der Waals surface area contributed by atoms with Crippen molar-refractivity contribution >= 4 is 12.1 Å². The second-order valence-electron chi connectivity index (χ2n) is 8.07. The number of halogens is 2. The summed E-state index contributed by atoms with van der Waals surface area (Å²) in [6.07, 6.45) is -1.16. The van der Waals surface area contributed by atoms with Crippen molar-refractivity contribution in [3.8, 4) is 16.9 Å². The Hall–Kier alpha value is -3.94. The van der Waals surface area contributed by atoms with Crippen molar-refractivity contribution in [2.45, 2.75) is 18.4 Å². The summed E-state index contributed by atoms with van der Waals surface area (Å²) in [5, 5.41) is 9.67. The number of hydrogen-bond donors (Lipinski definition) is 1. The first-order valence-electron chi connectivity index (χ1n) is 10.6. The zero-order chi connectivity index (χ0) is 24.4. The zero-order valence-corrected chi connectivity index (χ0v) is 18.6. The Kier molecular flexibility index (Phi) is 6.49. The molecule has 1 atom stereocenters. The molecule has 0 saturated heterocycles. The second-order valence-corrected chi connectivity index (χ2v) is 8.07. The topological polar surface area (TPSA) is 76.1 Å². The maximum atomic E-state index is 14.0. The van der Waals surface area contributed by atoms with Crippen LogP contribution in [0.2, 0.25) is 0 Å². The van der Waals surface area contributed by atoms with Gasteiger partial charge in [0.2, 0.25) is 0 Å². The maximum absolute atomic E-state index is 14.0. The summed E-state index contributed by atoms with van der Waals surface area (Å²) in [6.45, 7) is 0.0231. The van der Waals surface area contributed by atoms with Crippen LogP contribution in [0.5, 0.6) is 5.75 Å². The molecule has 3 aromatic carbocycles. The van der Waals surface area contributed by atoms with Gasteiger partial charge in [-0.05, 0) is 39.9 Å². The fourth-order valence-electron chi connectivity index (χ4n) is 4.36. The third kappa shape index (κ3) is 4.31. The number of carbonyl (C=O) groups excluding carboxylic acids is 1. The van der Waals surface area contributed by atoms with E-state index in [9.17, 15) is 23.5 Å². The van der Waals surface area contributed by atoms with Gasteiger partial charge in [-0.2, -0.15) is 0 Å². The molecule has 0 fully saturated rings. The van der Waals surface area contributed by atoms with Crippen LogP contribution in [0.1, 0.15) is 22.6 Å². The van der Waals surface area contributed by atoms with Crippen LogP contribution in [0.25, 0.3) is 11.1 Å². The lowest BCUT2D eigenvalue weighted by atomic mass is 9.98. The number of carboxylic acids is 1. The van der Waals surface area contributed by atoms with E-state index in [0.29, 0.717) is 0 Å². The average molecular weight is 467 g/mol. The van der Waals surface area contributed by atoms with Crippen molar-refractivity contribution in [3.63, 3.8) is 0 Å². The van der Waals surface area contributed by atoms with E-state index in [1.807, 2.05) is 48.5 Å². The molecule has 3 aromatic rings. The monoisotopic (exact) mass is 467 g/mol. The van der Waals surface area contributed by atoms with Gasteiger partial charge in [0.1, 0.15) is 12.6 Å². The molecule has 1 unspecified atom stereocenters. The number of nitrogens with zero attached hydrogens (tertiary/aromatic N) is 1. The zero-order valence-electron chi connectivity index (χ0n) is 18.6. The number of benzene rings is 3. The lowest BCUT2D eigenvalue weighted by Crippen LogP contribution is -2.44. The van der Waals surface area contributed by atoms with Crippen LogP contribution >= 0.6 is 0 Å². The maximum Gasteiger partial charge on any atom is 0.410 e. The van der Waals surface area contributed by atoms with Gasteiger partial charge in [0.05, 0.1) is 7.11 Å². The summed E-state index contributed by atoms with van der Waals surface area (Å²) in [4.78, 5) is 25.6. The van der Waals surface area contributed by atoms with Crippen molar-refractivity contribution in [1.29, 1.82) is 0 Å². The Morgan fingerprint density at radius 3 is 2.03 bits per heavy atom. The summed E-state index contributed by atoms with van der Waals surface area (Å²) >= 11 is 0. The molecule has 0 saturated carbocycles. The highest BCUT2D eigenvalue weighted by atomic mass is 19.1. The van der Waals surface area contributed by atoms with E-state index >= 15 is 0 Å². The highest BCUT2D eigenvalue weighted by molar-refractivity contribution is 5.81. The van der Waals surface area contributed by atoms with Gasteiger partial charge < -0.3 is 14.6 Å². The van der Waals surface area contributed by atoms with Crippen molar-refractivity contribution < 1.29 is 33.0 Å². The Bertz CT molecular complexity index is 1180. The molecule has 34 heavy (non-hydrogen) atoms. The number of ether oxygens (including phenoxy) is 2. The summed E-state index contributed by atoms with van der Waals surface area (Å²) < 4.78 is 38.2. The van der Waals surface area contributed by atoms with Gasteiger partial charge in [-0.25, -0.2) is 18.4 Å². The molecule has 0 bridgehead atoms. The largest absolute Gasteiger partial charge is 0.491 e. The SMILES string of the molecule is COc1c(F)cc(CC(C(=O)O)N(C)C(=O)OCC2c3ccccc3-c3ccccc32)cc1F. The normalized spacial score (nSPS) is 13.1. The molecule has 0 spiro atoms. The summed E-state index contributed by atoms with van der Waals surface area (Å²) in [6, 6.07) is 16.3. The number of rotatable bonds is 7. The van der Waals surface area contributed by atoms with E-state index in [1.165, 1.54) is 7.05 Å². The van der Waals surface area contributed by atoms with Crippen LogP contribution in [0.4, 0.5) is 13.6 Å². The van der Waals surface area contributed by atoms with Crippen molar-refractivity contribution in [2.24, 2.45) is 0 Å². The Labute approximate surface area is 195 Å². The van der Waals surface area contributed by atoms with Crippen molar-refractivity contribution in [2.75, 3.05) is 20.8 Å². The van der Waals surface area contributed by atoms with Crippen LogP contribution in [0.3, 0.4) is 0 Å². The number of amides is 1. The summed E-state index contributed by atoms with van der Waals surface area (Å²) in [5.74, 6) is -3.97. The Morgan fingerprint density at radius 2 is 1.53 bits per heavy atom. The fraction of sp³-hybridized carbons (Fsp3) is 0.231. The quantitative estimate of drug-likeness (QED) is 0.538. The van der Waals surface area contributed by atoms with Gasteiger partial charge in [0, 0.05) is 19.4 Å². The van der Waals surface area contributed by atoms with Crippen LogP contribution in [0.15, 0.2) is 60.7 Å². The first kappa shape index (κ1) is 23.2. The van der Waals surface area contributed by atoms with Crippen LogP contribution in [-0.2, 0) is 16.0 Å². The van der Waals surface area contributed by atoms with Crippen molar-refractivity contribution in [3.05, 3.63) is 89.0 Å². The van der Waals surface area contributed by atoms with Crippen LogP contribution in [-0.4, -0.2) is 48.9 Å². The first-order valence-corrected chi connectivity index (χ1v) is 10.6. The number of hydrogen-bond acceptors (Lipinski definition) is 4. The van der Waals surface area contributed by atoms with Gasteiger partial charge in [-0.3, -0.25) is 4.90 Å². The number of likely N-dealkylation sites (N-methyl/N-ethyl adjacent to an activating group) is 1. The number of methoxy groups -OCH3 is 1. The predicted molar refractivity (Wildman–Crippen MR) is 121 cm³/mol. The smallest absolute Gasteiger partial charge is 0.410 e. The van der Waals surface area contributed by atoms with E-state index in [4.69, 9.17) is 4.74 Å². The van der Waals surface area contributed by atoms with Crippen molar-refractivity contribution in [1.82, 2.24) is 4.90 Å². The van der Waals surface area contributed by atoms with E-state index in [1.54, 1.807) is 0 Å². The highest BCUT2D eigenvalue weighted by Crippen LogP contribution is 2.44. The van der Waals surface area contributed by atoms with E-state index in [2.05, 4.69) is 4.74 Å². The predicted octanol–water partition coefficient (Wildman–Crippen LogP) is 4.85. The molecule has 1 N–H and O–H groups in total. The van der Waals surface area contributed by atoms with Gasteiger partial charge in [-0.15, -0.1) is 0 Å². The lowest BCUT2D eigenvalue weighted by Gasteiger charge is -2.25. The molecule has 0 radical (unpaired) electrons. The fourth-order valence-corrected chi connectivity index (χ4v) is 4.36. The minimum atomic E-state index is -1.39. The summed E-state index contributed by atoms with van der Waals surface area (Å²) in [5.41, 5.74) is 4.26. The van der Waals surface area contributed by atoms with E-state index in [0.717, 1.165) is 46.4 Å². The van der Waals surface area contributed by atoms with Crippen LogP contribution < -0.4 is 4.74 Å². The molecule has 0 heterocycles. The Morgan fingerprint density at radius 1 is 1.00 bits per heavy atom. The van der Waals surface area contributed by atoms with Gasteiger partial charge >= 0.3 is 12.1 Å². The molecule has 0 aliphatic heterocycles. The van der Waals surface area contributed by atoms with Gasteiger partial charge in [0.25, 0.3) is 0 Å². The number of fused-ring (bicyclic) bond motifs is 3. The molecule has 1 aliphatic carbocycles. The average Bonchev–Trinajstić information content (AvgIpc) is 3.14. The molecule has 8 heteroatoms. The molecule has 1 aliphatic rings. The summed E-state index contributed by atoms with van der Waals surface area (Å²) in [7, 11) is 2.42. The molecule has 0 aromatic heterocycles. The molecule has 6 nitrogen and oxygen atoms in total. The standard InChI is InChI=1S/C26H23F2NO5/c1-29(23(25(30)31)13-15-11-21(27)24(33-2)22(28)12-15)26(32)34-14-20-18-9-5-3-7-16(18)17-8-4-6-10-19(17)20/h3-12,20,23H,13-14H2,1-2H3,(H,30,31). The van der Waals surface area contributed by atoms with Crippen LogP contribution in [0, 0.1) is 11.6 Å². The minimum Gasteiger partial charge on any atom is -0.491 e. The molecular formula is C26H23F2NO5. The third-order valence-electron chi connectivity index (χ3n) is 6.07. The molecule has 1 amide bonds. The van der Waals surface area contributed by atoms with Gasteiger partial charge in [0.15, 0.2) is 17.4 Å². The lowest BCUT2D eigenvalue weighted by molar-refractivity contribution is -0.142. The first-order chi connectivity index (χ1) is 16.3. The van der Waals surface area contributed by atoms with Gasteiger partial charge in [-0.1, -0.05) is 48.5 Å².